The largest absolute Gasteiger partial charge is 0.333 e. The minimum atomic E-state index is -0.996. The molecule has 0 aliphatic heterocycles. The first-order valence-corrected chi connectivity index (χ1v) is 11.2. The van der Waals surface area contributed by atoms with E-state index in [1.165, 1.54) is 11.1 Å². The molecular formula is C20H24N4OS2. The lowest BCUT2D eigenvalue weighted by molar-refractivity contribution is 0.679. The number of nitrogens with one attached hydrogen (secondary N) is 2. The summed E-state index contributed by atoms with van der Waals surface area (Å²) in [6.45, 7) is 8.13. The maximum absolute atomic E-state index is 11.5. The second kappa shape index (κ2) is 8.71. The first kappa shape index (κ1) is 19.6. The number of benzene rings is 2. The minimum Gasteiger partial charge on any atom is -0.333 e. The van der Waals surface area contributed by atoms with Crippen LogP contribution in [0, 0.1) is 13.8 Å². The van der Waals surface area contributed by atoms with Crippen molar-refractivity contribution >= 4 is 44.6 Å². The van der Waals surface area contributed by atoms with E-state index in [0.29, 0.717) is 10.9 Å². The smallest absolute Gasteiger partial charge is 0.197 e. The lowest BCUT2D eigenvalue weighted by Crippen LogP contribution is -1.95. The van der Waals surface area contributed by atoms with Gasteiger partial charge in [-0.05, 0) is 55.0 Å². The van der Waals surface area contributed by atoms with Crippen molar-refractivity contribution < 1.29 is 4.21 Å². The van der Waals surface area contributed by atoms with Crippen molar-refractivity contribution in [3.05, 3.63) is 47.5 Å². The average molecular weight is 401 g/mol. The van der Waals surface area contributed by atoms with Gasteiger partial charge in [0, 0.05) is 5.75 Å². The number of thioether (sulfide) groups is 1. The van der Waals surface area contributed by atoms with Gasteiger partial charge in [-0.3, -0.25) is 4.21 Å². The zero-order valence-corrected chi connectivity index (χ0v) is 17.6. The molecule has 0 spiro atoms. The molecule has 0 aliphatic rings. The van der Waals surface area contributed by atoms with Gasteiger partial charge >= 0.3 is 0 Å². The summed E-state index contributed by atoms with van der Waals surface area (Å²) in [5.74, 6) is 1.65. The number of aryl methyl sites for hydroxylation is 2. The first-order valence-electron chi connectivity index (χ1n) is 8.94. The number of H-pyrrole nitrogens is 2. The van der Waals surface area contributed by atoms with Crippen LogP contribution in [0.25, 0.3) is 22.1 Å². The maximum Gasteiger partial charge on any atom is 0.197 e. The second-order valence-electron chi connectivity index (χ2n) is 6.19. The lowest BCUT2D eigenvalue weighted by Gasteiger charge is -1.89. The molecule has 142 valence electrons. The third kappa shape index (κ3) is 4.78. The topological polar surface area (TPSA) is 74.4 Å². The molecule has 2 aromatic carbocycles. The number of hydrogen-bond acceptors (Lipinski definition) is 4. The van der Waals surface area contributed by atoms with Crippen LogP contribution in [0.2, 0.25) is 0 Å². The van der Waals surface area contributed by atoms with E-state index in [4.69, 9.17) is 0 Å². The molecule has 2 aromatic heterocycles. The molecule has 0 aliphatic carbocycles. The Hall–Kier alpha value is -2.12. The van der Waals surface area contributed by atoms with Crippen molar-refractivity contribution in [3.8, 4) is 0 Å². The van der Waals surface area contributed by atoms with E-state index in [1.54, 1.807) is 11.8 Å². The number of aromatic nitrogens is 4. The summed E-state index contributed by atoms with van der Waals surface area (Å²) in [7, 11) is -0.996. The fraction of sp³-hybridized carbons (Fsp3) is 0.300. The molecule has 0 saturated heterocycles. The van der Waals surface area contributed by atoms with Crippen molar-refractivity contribution in [3.63, 3.8) is 0 Å². The Bertz CT molecular complexity index is 1080. The second-order valence-corrected chi connectivity index (χ2v) is 9.10. The summed E-state index contributed by atoms with van der Waals surface area (Å²) >= 11 is 1.74. The number of imidazole rings is 2. The molecule has 0 radical (unpaired) electrons. The van der Waals surface area contributed by atoms with Crippen LogP contribution in [0.1, 0.15) is 25.0 Å². The van der Waals surface area contributed by atoms with Gasteiger partial charge in [0.1, 0.15) is 0 Å². The quantitative estimate of drug-likeness (QED) is 0.474. The van der Waals surface area contributed by atoms with Crippen LogP contribution in [0.15, 0.2) is 46.7 Å². The van der Waals surface area contributed by atoms with Crippen molar-refractivity contribution in [1.82, 2.24) is 19.9 Å². The highest BCUT2D eigenvalue weighted by Crippen LogP contribution is 2.19. The zero-order chi connectivity index (χ0) is 19.4. The molecule has 1 atom stereocenters. The summed E-state index contributed by atoms with van der Waals surface area (Å²) in [6, 6.07) is 12.2. The molecule has 4 rings (SSSR count). The summed E-state index contributed by atoms with van der Waals surface area (Å²) < 4.78 is 11.5. The van der Waals surface area contributed by atoms with Crippen molar-refractivity contribution in [1.29, 1.82) is 0 Å². The monoisotopic (exact) mass is 400 g/mol. The number of aromatic amines is 2. The molecule has 0 fully saturated rings. The molecule has 0 saturated carbocycles. The SMILES string of the molecule is CCS(=O)c1nc2ccc(C)cc2[nH]1.CCSc1nc2ccc(C)cc2[nH]1. The van der Waals surface area contributed by atoms with E-state index in [9.17, 15) is 4.21 Å². The summed E-state index contributed by atoms with van der Waals surface area (Å²) in [6.07, 6.45) is 0. The van der Waals surface area contributed by atoms with Gasteiger partial charge < -0.3 is 9.97 Å². The van der Waals surface area contributed by atoms with Gasteiger partial charge in [0.2, 0.25) is 0 Å². The van der Waals surface area contributed by atoms with E-state index in [1.807, 2.05) is 32.0 Å². The molecule has 4 aromatic rings. The van der Waals surface area contributed by atoms with Gasteiger partial charge in [0.25, 0.3) is 0 Å². The number of rotatable bonds is 4. The standard InChI is InChI=1S/C10H12N2OS.C10H12N2S/c1-3-14(13)10-11-8-5-4-7(2)6-9(8)12-10;1-3-13-10-11-8-5-4-7(2)6-9(8)12-10/h4-6H,3H2,1-2H3,(H,11,12);4-6H,3H2,1-2H3,(H,11,12). The van der Waals surface area contributed by atoms with Gasteiger partial charge in [-0.25, -0.2) is 9.97 Å². The molecular weight excluding hydrogens is 376 g/mol. The lowest BCUT2D eigenvalue weighted by atomic mass is 10.2. The van der Waals surface area contributed by atoms with Gasteiger partial charge in [0.15, 0.2) is 10.3 Å². The van der Waals surface area contributed by atoms with Crippen LogP contribution in [0.5, 0.6) is 0 Å². The Morgan fingerprint density at radius 3 is 2.11 bits per heavy atom. The fourth-order valence-corrected chi connectivity index (χ4v) is 3.97. The van der Waals surface area contributed by atoms with Crippen LogP contribution in [-0.2, 0) is 10.8 Å². The first-order chi connectivity index (χ1) is 13.0. The molecule has 0 bridgehead atoms. The highest BCUT2D eigenvalue weighted by Gasteiger charge is 2.07. The highest BCUT2D eigenvalue weighted by atomic mass is 32.2. The summed E-state index contributed by atoms with van der Waals surface area (Å²) in [4.78, 5) is 15.1. The van der Waals surface area contributed by atoms with E-state index in [0.717, 1.165) is 33.0 Å². The third-order valence-corrected chi connectivity index (χ3v) is 5.89. The molecule has 27 heavy (non-hydrogen) atoms. The average Bonchev–Trinajstić information content (AvgIpc) is 3.24. The molecule has 1 unspecified atom stereocenters. The van der Waals surface area contributed by atoms with E-state index >= 15 is 0 Å². The van der Waals surface area contributed by atoms with E-state index in [2.05, 4.69) is 52.0 Å². The van der Waals surface area contributed by atoms with Gasteiger partial charge in [-0.1, -0.05) is 37.7 Å². The Labute approximate surface area is 165 Å². The minimum absolute atomic E-state index is 0.577. The van der Waals surface area contributed by atoms with Gasteiger partial charge in [0.05, 0.1) is 32.9 Å². The van der Waals surface area contributed by atoms with Crippen LogP contribution >= 0.6 is 11.8 Å². The Kier molecular flexibility index (Phi) is 6.34. The Morgan fingerprint density at radius 2 is 1.52 bits per heavy atom. The number of hydrogen-bond donors (Lipinski definition) is 2. The Morgan fingerprint density at radius 1 is 0.926 bits per heavy atom. The van der Waals surface area contributed by atoms with Crippen LogP contribution < -0.4 is 0 Å². The Balaban J connectivity index is 0.000000156. The van der Waals surface area contributed by atoms with Crippen molar-refractivity contribution in [2.45, 2.75) is 38.0 Å². The van der Waals surface area contributed by atoms with E-state index < -0.39 is 10.8 Å². The van der Waals surface area contributed by atoms with Gasteiger partial charge in [-0.15, -0.1) is 0 Å². The van der Waals surface area contributed by atoms with E-state index in [-0.39, 0.29) is 0 Å². The predicted molar refractivity (Wildman–Crippen MR) is 115 cm³/mol. The highest BCUT2D eigenvalue weighted by molar-refractivity contribution is 7.99. The van der Waals surface area contributed by atoms with Crippen LogP contribution in [-0.4, -0.2) is 35.7 Å². The van der Waals surface area contributed by atoms with Crippen molar-refractivity contribution in [2.24, 2.45) is 0 Å². The number of fused-ring (bicyclic) bond motifs is 2. The van der Waals surface area contributed by atoms with Gasteiger partial charge in [-0.2, -0.15) is 0 Å². The summed E-state index contributed by atoms with van der Waals surface area (Å²) in [5, 5.41) is 1.59. The van der Waals surface area contributed by atoms with Crippen LogP contribution in [0.4, 0.5) is 0 Å². The molecule has 2 N–H and O–H groups in total. The normalized spacial score (nSPS) is 12.1. The third-order valence-electron chi connectivity index (χ3n) is 3.99. The summed E-state index contributed by atoms with van der Waals surface area (Å²) in [5.41, 5.74) is 6.48. The van der Waals surface area contributed by atoms with Crippen LogP contribution in [0.3, 0.4) is 0 Å². The van der Waals surface area contributed by atoms with Crippen molar-refractivity contribution in [2.75, 3.05) is 11.5 Å². The molecule has 7 heteroatoms. The molecule has 5 nitrogen and oxygen atoms in total. The predicted octanol–water partition coefficient (Wildman–Crippen LogP) is 4.98. The number of nitrogens with zero attached hydrogens (tertiary/aromatic N) is 2. The maximum atomic E-state index is 11.5. The molecule has 0 amide bonds. The molecule has 2 heterocycles. The zero-order valence-electron chi connectivity index (χ0n) is 16.0. The fourth-order valence-electron chi connectivity index (χ4n) is 2.65.